The first-order valence-electron chi connectivity index (χ1n) is 14.7. The molecule has 0 radical (unpaired) electrons. The third-order valence-corrected chi connectivity index (χ3v) is 7.55. The molecule has 0 N–H and O–H groups in total. The monoisotopic (exact) mass is 695 g/mol. The van der Waals surface area contributed by atoms with Gasteiger partial charge in [-0.2, -0.15) is 0 Å². The molecule has 0 bridgehead atoms. The van der Waals surface area contributed by atoms with Crippen molar-refractivity contribution in [2.75, 3.05) is 26.4 Å². The van der Waals surface area contributed by atoms with E-state index in [0.717, 1.165) is 47.9 Å². The van der Waals surface area contributed by atoms with Crippen molar-refractivity contribution in [1.29, 1.82) is 0 Å². The second kappa shape index (κ2) is 20.7. The number of ether oxygens (including phenoxy) is 4. The highest BCUT2D eigenvalue weighted by molar-refractivity contribution is 8.14. The van der Waals surface area contributed by atoms with E-state index in [-0.39, 0.29) is 5.12 Å². The van der Waals surface area contributed by atoms with Gasteiger partial charge in [-0.15, -0.1) is 0 Å². The average Bonchev–Trinajstić information content (AvgIpc) is 3.07. The summed E-state index contributed by atoms with van der Waals surface area (Å²) in [6, 6.07) is 18.0. The fourth-order valence-electron chi connectivity index (χ4n) is 3.75. The summed E-state index contributed by atoms with van der Waals surface area (Å²) in [5, 5.41) is 0.449. The zero-order chi connectivity index (χ0) is 33.9. The number of nitrogens with zero attached hydrogens (tertiary/aromatic N) is 1. The van der Waals surface area contributed by atoms with Gasteiger partial charge in [0.05, 0.1) is 36.5 Å². The van der Waals surface area contributed by atoms with Crippen LogP contribution in [0.15, 0.2) is 102 Å². The summed E-state index contributed by atoms with van der Waals surface area (Å²) >= 11 is 13.9. The third-order valence-electron chi connectivity index (χ3n) is 6.16. The number of carbonyl (C=O) groups excluding carboxylic acids is 3. The number of carbonyl (C=O) groups is 3. The number of thioether (sulfide) groups is 1. The van der Waals surface area contributed by atoms with Crippen LogP contribution in [0.2, 0.25) is 10.0 Å². The fraction of sp³-hybridized carbons (Fsp3) is 0.222. The first-order valence-corrected chi connectivity index (χ1v) is 16.3. The molecule has 0 amide bonds. The smallest absolute Gasteiger partial charge is 0.330 e. The number of aliphatic imine (C=N–C) groups is 1. The summed E-state index contributed by atoms with van der Waals surface area (Å²) in [6.45, 7) is 8.36. The van der Waals surface area contributed by atoms with E-state index in [2.05, 4.69) is 18.2 Å². The maximum absolute atomic E-state index is 12.6. The van der Waals surface area contributed by atoms with E-state index < -0.39 is 11.9 Å². The van der Waals surface area contributed by atoms with Crippen LogP contribution in [0.4, 0.5) is 5.69 Å². The van der Waals surface area contributed by atoms with Crippen molar-refractivity contribution in [3.8, 4) is 11.5 Å². The van der Waals surface area contributed by atoms with E-state index in [1.54, 1.807) is 24.4 Å². The lowest BCUT2D eigenvalue weighted by Gasteiger charge is -2.07. The number of hydrogen-bond acceptors (Lipinski definition) is 9. The molecule has 0 aliphatic rings. The van der Waals surface area contributed by atoms with Gasteiger partial charge in [-0.1, -0.05) is 54.6 Å². The van der Waals surface area contributed by atoms with E-state index in [1.807, 2.05) is 48.5 Å². The van der Waals surface area contributed by atoms with Gasteiger partial charge in [0.15, 0.2) is 0 Å². The number of benzene rings is 3. The van der Waals surface area contributed by atoms with Gasteiger partial charge in [-0.05, 0) is 103 Å². The Kier molecular flexibility index (Phi) is 16.4. The molecule has 3 rings (SSSR count). The first-order chi connectivity index (χ1) is 22.8. The minimum Gasteiger partial charge on any atom is -0.494 e. The Morgan fingerprint density at radius 1 is 0.702 bits per heavy atom. The van der Waals surface area contributed by atoms with Crippen molar-refractivity contribution >= 4 is 70.0 Å². The maximum Gasteiger partial charge on any atom is 0.330 e. The van der Waals surface area contributed by atoms with Crippen LogP contribution in [0.5, 0.6) is 11.5 Å². The molecule has 11 heteroatoms. The Labute approximate surface area is 289 Å². The van der Waals surface area contributed by atoms with E-state index in [0.29, 0.717) is 71.4 Å². The lowest BCUT2D eigenvalue weighted by Crippen LogP contribution is -2.04. The largest absolute Gasteiger partial charge is 0.494 e. The van der Waals surface area contributed by atoms with Gasteiger partial charge in [-0.25, -0.2) is 9.59 Å². The predicted octanol–water partition coefficient (Wildman–Crippen LogP) is 8.85. The van der Waals surface area contributed by atoms with Crippen molar-refractivity contribution in [3.05, 3.63) is 113 Å². The molecule has 8 nitrogen and oxygen atoms in total. The maximum atomic E-state index is 12.6. The Hall–Kier alpha value is -4.31. The van der Waals surface area contributed by atoms with Gasteiger partial charge in [0.25, 0.3) is 0 Å². The van der Waals surface area contributed by atoms with Crippen molar-refractivity contribution in [3.63, 3.8) is 0 Å². The van der Waals surface area contributed by atoms with Gasteiger partial charge in [0.1, 0.15) is 17.2 Å². The zero-order valence-corrected chi connectivity index (χ0v) is 28.0. The Morgan fingerprint density at radius 2 is 1.17 bits per heavy atom. The van der Waals surface area contributed by atoms with Gasteiger partial charge < -0.3 is 18.9 Å². The van der Waals surface area contributed by atoms with Crippen LogP contribution in [0.1, 0.15) is 36.8 Å². The molecule has 47 heavy (non-hydrogen) atoms. The summed E-state index contributed by atoms with van der Waals surface area (Å²) in [5.74, 6) is 0.558. The normalized spacial score (nSPS) is 10.9. The average molecular weight is 697 g/mol. The van der Waals surface area contributed by atoms with Crippen LogP contribution in [0.3, 0.4) is 0 Å². The fourth-order valence-corrected chi connectivity index (χ4v) is 5.19. The Morgan fingerprint density at radius 3 is 1.66 bits per heavy atom. The number of unbranched alkanes of at least 4 members (excludes halogenated alkanes) is 2. The van der Waals surface area contributed by atoms with Gasteiger partial charge in [0.2, 0.25) is 5.12 Å². The number of esters is 2. The summed E-state index contributed by atoms with van der Waals surface area (Å²) in [6.07, 6.45) is 9.99. The third kappa shape index (κ3) is 14.3. The quantitative estimate of drug-likeness (QED) is 0.0403. The molecule has 0 fully saturated rings. The molecule has 3 aromatic carbocycles. The van der Waals surface area contributed by atoms with Crippen LogP contribution < -0.4 is 9.47 Å². The van der Waals surface area contributed by atoms with Crippen LogP contribution in [0.25, 0.3) is 6.08 Å². The predicted molar refractivity (Wildman–Crippen MR) is 188 cm³/mol. The van der Waals surface area contributed by atoms with Gasteiger partial charge >= 0.3 is 11.9 Å². The zero-order valence-electron chi connectivity index (χ0n) is 25.7. The molecular weight excluding hydrogens is 661 g/mol. The minimum atomic E-state index is -0.430. The van der Waals surface area contributed by atoms with Crippen LogP contribution >= 0.6 is 35.0 Å². The lowest BCUT2D eigenvalue weighted by atomic mass is 10.2. The number of hydrogen-bond donors (Lipinski definition) is 0. The van der Waals surface area contributed by atoms with E-state index in [1.165, 1.54) is 6.08 Å². The van der Waals surface area contributed by atoms with Gasteiger partial charge in [-0.3, -0.25) is 9.79 Å². The number of halogens is 2. The molecule has 0 spiro atoms. The summed E-state index contributed by atoms with van der Waals surface area (Å²) in [7, 11) is 0. The Balaban J connectivity index is 1.43. The highest BCUT2D eigenvalue weighted by Gasteiger charge is 2.10. The summed E-state index contributed by atoms with van der Waals surface area (Å²) < 4.78 is 21.3. The van der Waals surface area contributed by atoms with Crippen molar-refractivity contribution in [2.24, 2.45) is 4.99 Å². The highest BCUT2D eigenvalue weighted by atomic mass is 35.5. The van der Waals surface area contributed by atoms with Crippen molar-refractivity contribution < 1.29 is 33.3 Å². The molecule has 0 unspecified atom stereocenters. The second-order valence-corrected chi connectivity index (χ2v) is 11.6. The van der Waals surface area contributed by atoms with E-state index in [4.69, 9.17) is 42.1 Å². The topological polar surface area (TPSA) is 100 Å². The molecule has 0 aliphatic heterocycles. The van der Waals surface area contributed by atoms with Crippen LogP contribution in [0, 0.1) is 0 Å². The molecule has 0 saturated carbocycles. The van der Waals surface area contributed by atoms with Crippen LogP contribution in [-0.2, 0) is 23.9 Å². The van der Waals surface area contributed by atoms with E-state index in [9.17, 15) is 14.4 Å². The van der Waals surface area contributed by atoms with Gasteiger partial charge in [0, 0.05) is 23.3 Å². The lowest BCUT2D eigenvalue weighted by molar-refractivity contribution is -0.138. The minimum absolute atomic E-state index is 0.190. The standard InChI is InChI=1S/C36H35Cl2NO7S/c1-3-33(40)45-21-7-5-19-43-28-14-9-26(10-15-28)13-18-35(42)47-30-23-31(37)36(32(38)24-30)39-25-27-11-16-29(17-12-27)44-20-6-8-22-46-34(41)4-2/h3-4,9-18,23-25H,1-2,5-8,19-22H2/b18-13+,39-25+. The first kappa shape index (κ1) is 37.2. The molecular formula is C36H35Cl2NO7S. The summed E-state index contributed by atoms with van der Waals surface area (Å²) in [4.78, 5) is 39.7. The molecule has 0 heterocycles. The summed E-state index contributed by atoms with van der Waals surface area (Å²) in [5.41, 5.74) is 2.06. The SMILES string of the molecule is C=CC(=O)OCCCCOc1ccc(/C=C/C(=O)Sc2cc(Cl)c(/N=C/c3ccc(OCCCCOC(=O)C=C)cc3)c(Cl)c2)cc1. The second-order valence-electron chi connectivity index (χ2n) is 9.74. The Bertz CT molecular complexity index is 1550. The molecule has 0 aliphatic carbocycles. The molecule has 0 aromatic heterocycles. The van der Waals surface area contributed by atoms with Crippen molar-refractivity contribution in [2.45, 2.75) is 30.6 Å². The molecule has 0 atom stereocenters. The highest BCUT2D eigenvalue weighted by Crippen LogP contribution is 2.37. The van der Waals surface area contributed by atoms with Crippen molar-refractivity contribution in [1.82, 2.24) is 0 Å². The van der Waals surface area contributed by atoms with Crippen LogP contribution in [-0.4, -0.2) is 49.7 Å². The molecule has 246 valence electrons. The molecule has 3 aromatic rings. The number of rotatable bonds is 19. The van der Waals surface area contributed by atoms with E-state index >= 15 is 0 Å². The molecule has 0 saturated heterocycles.